The number of carbonyl (C=O) groups excluding carboxylic acids is 1. The molecular formula is C23H32N2O4S. The van der Waals surface area contributed by atoms with Crippen LogP contribution in [-0.2, 0) is 14.8 Å². The Balaban J connectivity index is 1.65. The molecule has 1 amide bonds. The normalized spacial score (nSPS) is 17.1. The quantitative estimate of drug-likeness (QED) is 0.771. The van der Waals surface area contributed by atoms with Crippen LogP contribution in [0.4, 0.5) is 0 Å². The van der Waals surface area contributed by atoms with Gasteiger partial charge in [-0.25, -0.2) is 8.42 Å². The van der Waals surface area contributed by atoms with Crippen molar-refractivity contribution < 1.29 is 17.6 Å². The van der Waals surface area contributed by atoms with Gasteiger partial charge in [-0.3, -0.25) is 4.79 Å². The van der Waals surface area contributed by atoms with E-state index in [9.17, 15) is 13.2 Å². The van der Waals surface area contributed by atoms with Gasteiger partial charge in [0.2, 0.25) is 15.9 Å². The van der Waals surface area contributed by atoms with Crippen LogP contribution >= 0.6 is 0 Å². The highest BCUT2D eigenvalue weighted by Crippen LogP contribution is 2.29. The van der Waals surface area contributed by atoms with Crippen LogP contribution in [0.15, 0.2) is 27.5 Å². The number of nitrogens with one attached hydrogen (secondary N) is 1. The Kier molecular flexibility index (Phi) is 6.43. The zero-order valence-corrected chi connectivity index (χ0v) is 19.5. The second kappa shape index (κ2) is 8.55. The largest absolute Gasteiger partial charge is 0.466 e. The van der Waals surface area contributed by atoms with Gasteiger partial charge in [0.25, 0.3) is 0 Å². The second-order valence-corrected chi connectivity index (χ2v) is 10.4. The van der Waals surface area contributed by atoms with Crippen molar-refractivity contribution in [3.05, 3.63) is 52.0 Å². The summed E-state index contributed by atoms with van der Waals surface area (Å²) in [5.41, 5.74) is 3.57. The number of hydrogen-bond acceptors (Lipinski definition) is 4. The number of carbonyl (C=O) groups is 1. The molecule has 0 spiro atoms. The number of piperidine rings is 1. The van der Waals surface area contributed by atoms with E-state index in [2.05, 4.69) is 5.32 Å². The summed E-state index contributed by atoms with van der Waals surface area (Å²) in [5, 5.41) is 3.06. The Morgan fingerprint density at radius 2 is 1.63 bits per heavy atom. The van der Waals surface area contributed by atoms with E-state index in [1.54, 1.807) is 0 Å². The molecule has 7 heteroatoms. The number of hydrogen-bond donors (Lipinski definition) is 1. The van der Waals surface area contributed by atoms with Crippen LogP contribution in [0.3, 0.4) is 0 Å². The molecule has 1 saturated heterocycles. The molecule has 1 unspecified atom stereocenters. The predicted molar refractivity (Wildman–Crippen MR) is 117 cm³/mol. The molecule has 2 heterocycles. The Labute approximate surface area is 179 Å². The minimum Gasteiger partial charge on any atom is -0.466 e. The van der Waals surface area contributed by atoms with Crippen molar-refractivity contribution in [3.63, 3.8) is 0 Å². The molecule has 1 aliphatic rings. The summed E-state index contributed by atoms with van der Waals surface area (Å²) < 4.78 is 33.5. The molecule has 1 atom stereocenters. The Bertz CT molecular complexity index is 1020. The van der Waals surface area contributed by atoms with Gasteiger partial charge in [0.15, 0.2) is 0 Å². The molecule has 1 aromatic carbocycles. The summed E-state index contributed by atoms with van der Waals surface area (Å²) in [7, 11) is -3.57. The number of aryl methyl sites for hydroxylation is 5. The zero-order chi connectivity index (χ0) is 22.2. The van der Waals surface area contributed by atoms with E-state index < -0.39 is 10.0 Å². The van der Waals surface area contributed by atoms with E-state index in [0.717, 1.165) is 33.8 Å². The number of amides is 1. The van der Waals surface area contributed by atoms with Crippen molar-refractivity contribution in [2.75, 3.05) is 13.1 Å². The van der Waals surface area contributed by atoms with Crippen LogP contribution in [0.2, 0.25) is 0 Å². The van der Waals surface area contributed by atoms with Gasteiger partial charge in [0, 0.05) is 24.6 Å². The number of benzene rings is 1. The fourth-order valence-electron chi connectivity index (χ4n) is 4.55. The van der Waals surface area contributed by atoms with Crippen LogP contribution in [0.1, 0.15) is 59.6 Å². The first-order chi connectivity index (χ1) is 14.0. The van der Waals surface area contributed by atoms with Crippen LogP contribution < -0.4 is 5.32 Å². The topological polar surface area (TPSA) is 79.6 Å². The highest BCUT2D eigenvalue weighted by Gasteiger charge is 2.34. The highest BCUT2D eigenvalue weighted by molar-refractivity contribution is 7.89. The third kappa shape index (κ3) is 4.47. The fraction of sp³-hybridized carbons (Fsp3) is 0.522. The van der Waals surface area contributed by atoms with Gasteiger partial charge in [0.1, 0.15) is 11.5 Å². The lowest BCUT2D eigenvalue weighted by Crippen LogP contribution is -2.43. The van der Waals surface area contributed by atoms with Gasteiger partial charge in [-0.15, -0.1) is 0 Å². The van der Waals surface area contributed by atoms with Crippen molar-refractivity contribution in [3.8, 4) is 0 Å². The van der Waals surface area contributed by atoms with Crippen LogP contribution in [-0.4, -0.2) is 31.7 Å². The molecule has 3 rings (SSSR count). The Morgan fingerprint density at radius 3 is 2.13 bits per heavy atom. The van der Waals surface area contributed by atoms with E-state index >= 15 is 0 Å². The van der Waals surface area contributed by atoms with Crippen molar-refractivity contribution in [1.82, 2.24) is 9.62 Å². The number of rotatable bonds is 5. The summed E-state index contributed by atoms with van der Waals surface area (Å²) >= 11 is 0. The molecule has 1 N–H and O–H groups in total. The molecule has 1 aromatic heterocycles. The van der Waals surface area contributed by atoms with E-state index in [0.29, 0.717) is 30.8 Å². The lowest BCUT2D eigenvalue weighted by atomic mass is 9.96. The molecule has 30 heavy (non-hydrogen) atoms. The molecule has 0 radical (unpaired) electrons. The third-order valence-electron chi connectivity index (χ3n) is 5.93. The first kappa shape index (κ1) is 22.6. The third-order valence-corrected chi connectivity index (χ3v) is 8.14. The molecule has 1 aliphatic heterocycles. The average Bonchev–Trinajstić information content (AvgIpc) is 2.99. The smallest absolute Gasteiger partial charge is 0.243 e. The monoisotopic (exact) mass is 432 g/mol. The Morgan fingerprint density at radius 1 is 1.07 bits per heavy atom. The Hall–Kier alpha value is -2.12. The van der Waals surface area contributed by atoms with Gasteiger partial charge in [0.05, 0.1) is 10.9 Å². The van der Waals surface area contributed by atoms with E-state index in [1.165, 1.54) is 4.31 Å². The van der Waals surface area contributed by atoms with Crippen molar-refractivity contribution in [1.29, 1.82) is 0 Å². The maximum atomic E-state index is 13.2. The van der Waals surface area contributed by atoms with E-state index in [-0.39, 0.29) is 17.9 Å². The van der Waals surface area contributed by atoms with Crippen molar-refractivity contribution >= 4 is 15.9 Å². The van der Waals surface area contributed by atoms with Gasteiger partial charge in [-0.2, -0.15) is 4.31 Å². The summed E-state index contributed by atoms with van der Waals surface area (Å²) in [6, 6.07) is 5.61. The summed E-state index contributed by atoms with van der Waals surface area (Å²) in [4.78, 5) is 13.2. The molecule has 1 fully saturated rings. The van der Waals surface area contributed by atoms with Gasteiger partial charge >= 0.3 is 0 Å². The standard InChI is InChI=1S/C23H32N2O4S/c1-14-11-15(2)22(16(3)12-14)30(27,28)25-9-7-20(8-10-25)23(26)24-18(5)21-13-17(4)29-19(21)6/h11-13,18,20H,7-10H2,1-6H3,(H,24,26). The van der Waals surface area contributed by atoms with Crippen LogP contribution in [0.5, 0.6) is 0 Å². The number of furan rings is 1. The maximum Gasteiger partial charge on any atom is 0.243 e. The lowest BCUT2D eigenvalue weighted by Gasteiger charge is -2.32. The summed E-state index contributed by atoms with van der Waals surface area (Å²) in [5.74, 6) is 1.42. The molecule has 2 aromatic rings. The summed E-state index contributed by atoms with van der Waals surface area (Å²) in [6.45, 7) is 12.1. The zero-order valence-electron chi connectivity index (χ0n) is 18.7. The van der Waals surface area contributed by atoms with Gasteiger partial charge < -0.3 is 9.73 Å². The molecule has 0 aliphatic carbocycles. The lowest BCUT2D eigenvalue weighted by molar-refractivity contribution is -0.126. The first-order valence-electron chi connectivity index (χ1n) is 10.5. The highest BCUT2D eigenvalue weighted by atomic mass is 32.2. The molecule has 0 bridgehead atoms. The SMILES string of the molecule is Cc1cc(C)c(S(=O)(=O)N2CCC(C(=O)NC(C)c3cc(C)oc3C)CC2)c(C)c1. The van der Waals surface area contributed by atoms with Gasteiger partial charge in [-0.05, 0) is 71.6 Å². The van der Waals surface area contributed by atoms with Crippen LogP contribution in [0, 0.1) is 40.5 Å². The maximum absolute atomic E-state index is 13.2. The summed E-state index contributed by atoms with van der Waals surface area (Å²) in [6.07, 6.45) is 1.04. The van der Waals surface area contributed by atoms with Crippen molar-refractivity contribution in [2.24, 2.45) is 5.92 Å². The van der Waals surface area contributed by atoms with E-state index in [1.807, 2.05) is 59.7 Å². The number of sulfonamides is 1. The van der Waals surface area contributed by atoms with Crippen LogP contribution in [0.25, 0.3) is 0 Å². The predicted octanol–water partition coefficient (Wildman–Crippen LogP) is 4.10. The van der Waals surface area contributed by atoms with Gasteiger partial charge in [-0.1, -0.05) is 17.7 Å². The molecule has 6 nitrogen and oxygen atoms in total. The number of nitrogens with zero attached hydrogens (tertiary/aromatic N) is 1. The first-order valence-corrected chi connectivity index (χ1v) is 11.9. The van der Waals surface area contributed by atoms with E-state index in [4.69, 9.17) is 4.42 Å². The second-order valence-electron chi connectivity index (χ2n) is 8.51. The minimum absolute atomic E-state index is 0.0273. The minimum atomic E-state index is -3.57. The fourth-order valence-corrected chi connectivity index (χ4v) is 6.43. The molecule has 0 saturated carbocycles. The van der Waals surface area contributed by atoms with Crippen molar-refractivity contribution in [2.45, 2.75) is 65.3 Å². The average molecular weight is 433 g/mol. The molecular weight excluding hydrogens is 400 g/mol. The molecule has 164 valence electrons.